The highest BCUT2D eigenvalue weighted by atomic mass is 16.5. The number of hydrogen-bond donors (Lipinski definition) is 0. The molecular weight excluding hydrogens is 1100 g/mol. The highest BCUT2D eigenvalue weighted by molar-refractivity contribution is 6.67. The third-order valence-corrected chi connectivity index (χ3v) is 35.4. The number of fused-ring (bicyclic) bond motifs is 8. The van der Waals surface area contributed by atoms with Crippen molar-refractivity contribution in [2.45, 2.75) is 457 Å². The fourth-order valence-electron chi connectivity index (χ4n) is 32.2. The molecule has 5 nitrogen and oxygen atoms in total. The molecule has 0 radical (unpaired) electrons. The summed E-state index contributed by atoms with van der Waals surface area (Å²) in [5.41, 5.74) is 0.861. The van der Waals surface area contributed by atoms with Crippen molar-refractivity contribution >= 4 is 13.4 Å². The lowest BCUT2D eigenvalue weighted by Crippen LogP contribution is -2.76. The van der Waals surface area contributed by atoms with Crippen molar-refractivity contribution in [3.05, 3.63) is 0 Å². The van der Waals surface area contributed by atoms with Crippen LogP contribution in [-0.4, -0.2) is 118 Å². The lowest BCUT2D eigenvalue weighted by molar-refractivity contribution is -0.142. The van der Waals surface area contributed by atoms with E-state index in [0.29, 0.717) is 23.0 Å². The molecule has 0 aromatic carbocycles. The quantitative estimate of drug-likeness (QED) is 0.236. The molecule has 18 fully saturated rings. The normalized spacial score (nSPS) is 49.2. The summed E-state index contributed by atoms with van der Waals surface area (Å²) < 4.78 is 8.72. The Balaban J connectivity index is 0.733. The average molecular weight is 1240 g/mol. The predicted octanol–water partition coefficient (Wildman–Crippen LogP) is 21.0. The minimum Gasteiger partial charge on any atom is -0.376 e. The number of rotatable bonds is 7. The maximum absolute atomic E-state index is 8.72. The van der Waals surface area contributed by atoms with Gasteiger partial charge in [0.2, 0.25) is 0 Å². The van der Waals surface area contributed by atoms with E-state index in [1.165, 1.54) is 212 Å². The van der Waals surface area contributed by atoms with Crippen molar-refractivity contribution < 1.29 is 4.74 Å². The zero-order valence-corrected chi connectivity index (χ0v) is 60.2. The third kappa shape index (κ3) is 11.1. The minimum atomic E-state index is 0.373. The van der Waals surface area contributed by atoms with Crippen molar-refractivity contribution in [1.82, 2.24) is 19.6 Å². The highest BCUT2D eigenvalue weighted by Gasteiger charge is 2.71. The van der Waals surface area contributed by atoms with Gasteiger partial charge in [-0.15, -0.1) is 0 Å². The summed E-state index contributed by atoms with van der Waals surface area (Å²) in [7, 11) is 0. The van der Waals surface area contributed by atoms with Gasteiger partial charge in [-0.05, 0) is 272 Å². The topological polar surface area (TPSA) is 22.2 Å². The monoisotopic (exact) mass is 1240 g/mol. The van der Waals surface area contributed by atoms with Crippen LogP contribution in [-0.2, 0) is 4.74 Å². The standard InChI is InChI=1S/C84H140B2N4O/c1-83(2,3)59-44-56-38-36-54-42-58(43-55-37-39-57(45-59)80(56)79(54)55)53-40-41-72-68(46-53)86-70-51-69-73(52-77(70)91-78-50-66(49-76(82(78)86)89(72)64-30-18-10-19-31-64)87(61-24-12-7-13-25-61)62-26-14-8-15-27-62)90(65-32-20-11-21-33-65)75-48-60(84(4,5)6)47-74-81(75)85(69)67-34-22-23-35-71(67)88(74)63-28-16-9-17-29-63/h53-82H,7-52H2,1-6H3/t53?,54-,55+,56?,57?,58?,59?,60-,66?,67?,68?,69?,70+,71-,72?,73?,74?,75?,76?,77?,78?,79?,80?,81?,82?/m1/s1. The molecule has 91 heavy (non-hydrogen) atoms. The van der Waals surface area contributed by atoms with Crippen molar-refractivity contribution in [2.24, 2.45) is 70.0 Å². The van der Waals surface area contributed by atoms with Gasteiger partial charge in [0.15, 0.2) is 13.4 Å². The lowest BCUT2D eigenvalue weighted by Gasteiger charge is -2.72. The fraction of sp³-hybridized carbons (Fsp3) is 1.00. The van der Waals surface area contributed by atoms with E-state index >= 15 is 0 Å². The van der Waals surface area contributed by atoms with Crippen molar-refractivity contribution in [2.75, 3.05) is 0 Å². The molecule has 4 saturated heterocycles. The van der Waals surface area contributed by atoms with Crippen LogP contribution < -0.4 is 0 Å². The molecule has 14 saturated carbocycles. The number of ether oxygens (including phenoxy) is 1. The smallest absolute Gasteiger partial charge is 0.159 e. The summed E-state index contributed by atoms with van der Waals surface area (Å²) >= 11 is 0. The Hall–Kier alpha value is -0.0701. The molecule has 0 N–H and O–H groups in total. The zero-order chi connectivity index (χ0) is 61.0. The second-order valence-corrected chi connectivity index (χ2v) is 40.9. The van der Waals surface area contributed by atoms with E-state index in [9.17, 15) is 0 Å². The Morgan fingerprint density at radius 2 is 0.714 bits per heavy atom. The molecule has 4 heterocycles. The molecule has 4 aliphatic heterocycles. The minimum absolute atomic E-state index is 0.373. The van der Waals surface area contributed by atoms with Gasteiger partial charge >= 0.3 is 0 Å². The molecule has 0 amide bonds. The van der Waals surface area contributed by atoms with E-state index in [4.69, 9.17) is 4.74 Å². The molecule has 25 atom stereocenters. The van der Waals surface area contributed by atoms with Gasteiger partial charge < -0.3 is 4.74 Å². The van der Waals surface area contributed by atoms with Gasteiger partial charge in [0.05, 0.1) is 12.2 Å². The van der Waals surface area contributed by atoms with Gasteiger partial charge in [0, 0.05) is 72.5 Å². The van der Waals surface area contributed by atoms with Crippen LogP contribution in [0, 0.1) is 70.0 Å². The van der Waals surface area contributed by atoms with E-state index in [1.54, 1.807) is 83.5 Å². The molecule has 14 aliphatic carbocycles. The van der Waals surface area contributed by atoms with Crippen LogP contribution >= 0.6 is 0 Å². The van der Waals surface area contributed by atoms with Gasteiger partial charge in [0.1, 0.15) is 0 Å². The maximum Gasteiger partial charge on any atom is 0.159 e. The summed E-state index contributed by atoms with van der Waals surface area (Å²) in [6.45, 7) is 17.8. The van der Waals surface area contributed by atoms with E-state index in [-0.39, 0.29) is 0 Å². The molecule has 0 spiro atoms. The molecule has 508 valence electrons. The predicted molar refractivity (Wildman–Crippen MR) is 382 cm³/mol. The van der Waals surface area contributed by atoms with Crippen molar-refractivity contribution in [3.8, 4) is 0 Å². The maximum atomic E-state index is 8.72. The Morgan fingerprint density at radius 1 is 0.286 bits per heavy atom. The summed E-state index contributed by atoms with van der Waals surface area (Å²) in [4.78, 5) is 14.1. The fourth-order valence-corrected chi connectivity index (χ4v) is 32.2. The first kappa shape index (κ1) is 63.1. The second-order valence-electron chi connectivity index (χ2n) is 40.9. The van der Waals surface area contributed by atoms with Gasteiger partial charge in [-0.3, -0.25) is 19.6 Å². The first-order chi connectivity index (χ1) is 44.4. The summed E-state index contributed by atoms with van der Waals surface area (Å²) in [5.74, 6) is 15.4. The molecule has 7 heteroatoms. The van der Waals surface area contributed by atoms with E-state index in [0.717, 1.165) is 180 Å². The third-order valence-electron chi connectivity index (χ3n) is 35.4. The SMILES string of the molecule is CC(C)(C)C1CC2CC[C@@H]3CC(C4CCC5C(C4)B4C6C(CC(N(C7CCCCC7)C7CCCCC7)CC6N5C5CCCCC5)OC5CC6C(C[C@H]45)B4C5C(C[C@H](C(C)(C)C)CC5N(C5CCCCC5)[C@@H]5CCCCC45)N6C4CCCCC4)C[C@@H]4CCC(C1)C2C34. The first-order valence-electron chi connectivity index (χ1n) is 43.1. The van der Waals surface area contributed by atoms with Crippen LogP contribution in [0.15, 0.2) is 0 Å². The Labute approximate surface area is 561 Å². The summed E-state index contributed by atoms with van der Waals surface area (Å²) in [5, 5.41) is 0. The molecule has 18 aliphatic rings. The van der Waals surface area contributed by atoms with Crippen LogP contribution in [0.3, 0.4) is 0 Å². The van der Waals surface area contributed by atoms with Crippen LogP contribution in [0.2, 0.25) is 34.9 Å². The molecule has 0 aromatic heterocycles. The molecule has 0 aromatic rings. The summed E-state index contributed by atoms with van der Waals surface area (Å²) in [6, 6.07) is 9.74. The van der Waals surface area contributed by atoms with Crippen LogP contribution in [0.5, 0.6) is 0 Å². The summed E-state index contributed by atoms with van der Waals surface area (Å²) in [6.07, 6.45) is 71.0. The lowest BCUT2D eigenvalue weighted by atomic mass is 9.14. The molecule has 18 rings (SSSR count). The second kappa shape index (κ2) is 25.5. The van der Waals surface area contributed by atoms with Gasteiger partial charge in [0.25, 0.3) is 0 Å². The average Bonchev–Trinajstić information content (AvgIpc) is 0.791. The number of nitrogens with zero attached hydrogens (tertiary/aromatic N) is 4. The zero-order valence-electron chi connectivity index (χ0n) is 60.2. The Morgan fingerprint density at radius 3 is 1.25 bits per heavy atom. The Kier molecular flexibility index (Phi) is 17.7. The molecule has 0 bridgehead atoms. The van der Waals surface area contributed by atoms with Gasteiger partial charge in [-0.25, -0.2) is 0 Å². The molecule has 20 unspecified atom stereocenters. The number of hydrogen-bond acceptors (Lipinski definition) is 5. The molecular formula is C84H140B2N4O. The van der Waals surface area contributed by atoms with Crippen LogP contribution in [0.1, 0.15) is 337 Å². The van der Waals surface area contributed by atoms with Crippen molar-refractivity contribution in [1.29, 1.82) is 0 Å². The van der Waals surface area contributed by atoms with Crippen LogP contribution in [0.25, 0.3) is 0 Å². The van der Waals surface area contributed by atoms with Gasteiger partial charge in [-0.1, -0.05) is 170 Å². The highest BCUT2D eigenvalue weighted by Crippen LogP contribution is 2.71. The first-order valence-corrected chi connectivity index (χ1v) is 43.1. The Bertz CT molecular complexity index is 2420. The van der Waals surface area contributed by atoms with Crippen LogP contribution in [0.4, 0.5) is 0 Å². The largest absolute Gasteiger partial charge is 0.376 e. The van der Waals surface area contributed by atoms with E-state index < -0.39 is 0 Å². The van der Waals surface area contributed by atoms with Gasteiger partial charge in [-0.2, -0.15) is 0 Å². The van der Waals surface area contributed by atoms with Crippen molar-refractivity contribution in [3.63, 3.8) is 0 Å². The van der Waals surface area contributed by atoms with E-state index in [2.05, 4.69) is 61.1 Å². The van der Waals surface area contributed by atoms with E-state index in [1.807, 2.05) is 0 Å².